The molecule has 1 aromatic rings. The molecule has 3 N–H and O–H groups in total. The minimum atomic E-state index is -0.528. The lowest BCUT2D eigenvalue weighted by atomic mass is 9.95. The molecule has 2 atom stereocenters. The largest absolute Gasteiger partial charge is 0.490 e. The van der Waals surface area contributed by atoms with Gasteiger partial charge in [0.2, 0.25) is 0 Å². The van der Waals surface area contributed by atoms with Gasteiger partial charge in [-0.15, -0.1) is 0 Å². The number of aliphatic hydroxyl groups is 1. The van der Waals surface area contributed by atoms with Crippen molar-refractivity contribution in [3.63, 3.8) is 0 Å². The van der Waals surface area contributed by atoms with Crippen molar-refractivity contribution in [2.24, 2.45) is 5.73 Å². The van der Waals surface area contributed by atoms with E-state index in [0.717, 1.165) is 23.5 Å². The van der Waals surface area contributed by atoms with Gasteiger partial charge in [-0.25, -0.2) is 0 Å². The van der Waals surface area contributed by atoms with Gasteiger partial charge in [-0.2, -0.15) is 0 Å². The zero-order valence-corrected chi connectivity index (χ0v) is 10.1. The van der Waals surface area contributed by atoms with Crippen molar-refractivity contribution in [2.45, 2.75) is 25.4 Å². The fourth-order valence-electron chi connectivity index (χ4n) is 1.89. The van der Waals surface area contributed by atoms with Crippen LogP contribution >= 0.6 is 0 Å². The second-order valence-corrected chi connectivity index (χ2v) is 4.35. The molecule has 2 unspecified atom stereocenters. The van der Waals surface area contributed by atoms with E-state index in [-0.39, 0.29) is 12.5 Å². The van der Waals surface area contributed by atoms with Gasteiger partial charge in [0.25, 0.3) is 0 Å². The van der Waals surface area contributed by atoms with Gasteiger partial charge in [0.15, 0.2) is 11.5 Å². The van der Waals surface area contributed by atoms with Gasteiger partial charge in [0.05, 0.1) is 19.3 Å². The number of ether oxygens (including phenoxy) is 2. The molecule has 4 heteroatoms. The molecule has 0 aromatic heterocycles. The van der Waals surface area contributed by atoms with Crippen molar-refractivity contribution in [3.8, 4) is 11.5 Å². The maximum Gasteiger partial charge on any atom is 0.161 e. The first-order valence-corrected chi connectivity index (χ1v) is 6.00. The molecule has 0 saturated carbocycles. The van der Waals surface area contributed by atoms with Crippen LogP contribution in [0.4, 0.5) is 0 Å². The van der Waals surface area contributed by atoms with Crippen LogP contribution < -0.4 is 15.2 Å². The van der Waals surface area contributed by atoms with Crippen LogP contribution in [0.25, 0.3) is 0 Å². The van der Waals surface area contributed by atoms with Crippen LogP contribution in [0.2, 0.25) is 0 Å². The molecule has 0 aliphatic carbocycles. The number of aliphatic hydroxyl groups excluding tert-OH is 1. The fraction of sp³-hybridized carbons (Fsp3) is 0.538. The van der Waals surface area contributed by atoms with E-state index >= 15 is 0 Å². The third-order valence-electron chi connectivity index (χ3n) is 3.12. The maximum absolute atomic E-state index is 9.74. The highest BCUT2D eigenvalue weighted by Crippen LogP contribution is 2.33. The second kappa shape index (κ2) is 5.38. The van der Waals surface area contributed by atoms with E-state index in [4.69, 9.17) is 15.2 Å². The summed E-state index contributed by atoms with van der Waals surface area (Å²) in [5.41, 5.74) is 6.49. The molecule has 94 valence electrons. The molecular formula is C13H19NO3. The molecule has 1 aromatic carbocycles. The summed E-state index contributed by atoms with van der Waals surface area (Å²) in [5.74, 6) is 1.54. The van der Waals surface area contributed by atoms with Gasteiger partial charge < -0.3 is 20.3 Å². The highest BCUT2D eigenvalue weighted by molar-refractivity contribution is 5.44. The predicted octanol–water partition coefficient (Wildman–Crippen LogP) is 1.27. The number of hydrogen-bond acceptors (Lipinski definition) is 4. The summed E-state index contributed by atoms with van der Waals surface area (Å²) in [6.07, 6.45) is 0.366. The molecule has 1 aliphatic heterocycles. The number of rotatable bonds is 3. The third-order valence-corrected chi connectivity index (χ3v) is 3.12. The van der Waals surface area contributed by atoms with Crippen LogP contribution in [-0.2, 0) is 0 Å². The molecule has 1 aliphatic rings. The summed E-state index contributed by atoms with van der Waals surface area (Å²) >= 11 is 0. The quantitative estimate of drug-likeness (QED) is 0.831. The van der Waals surface area contributed by atoms with E-state index in [0.29, 0.717) is 13.2 Å². The fourth-order valence-corrected chi connectivity index (χ4v) is 1.89. The molecule has 17 heavy (non-hydrogen) atoms. The number of nitrogens with two attached hydrogens (primary N) is 1. The molecule has 0 spiro atoms. The van der Waals surface area contributed by atoms with E-state index in [1.165, 1.54) is 0 Å². The van der Waals surface area contributed by atoms with Crippen molar-refractivity contribution >= 4 is 0 Å². The van der Waals surface area contributed by atoms with E-state index < -0.39 is 6.10 Å². The Morgan fingerprint density at radius 1 is 1.29 bits per heavy atom. The highest BCUT2D eigenvalue weighted by atomic mass is 16.5. The summed E-state index contributed by atoms with van der Waals surface area (Å²) in [6, 6.07) is 5.79. The van der Waals surface area contributed by atoms with Crippen LogP contribution in [0.5, 0.6) is 11.5 Å². The average Bonchev–Trinajstić information content (AvgIpc) is 2.61. The lowest BCUT2D eigenvalue weighted by Gasteiger charge is -2.18. The standard InChI is InChI=1S/C13H19NO3/c1-9(11(15)8-14)10-3-4-12-13(7-10)17-6-2-5-16-12/h3-4,7,9,11,15H,2,5-6,8,14H2,1H3. The topological polar surface area (TPSA) is 64.7 Å². The van der Waals surface area contributed by atoms with Crippen molar-refractivity contribution in [1.29, 1.82) is 0 Å². The Balaban J connectivity index is 2.23. The Bertz CT molecular complexity index is 381. The van der Waals surface area contributed by atoms with E-state index in [9.17, 15) is 5.11 Å². The minimum absolute atomic E-state index is 0.00264. The monoisotopic (exact) mass is 237 g/mol. The number of hydrogen-bond donors (Lipinski definition) is 2. The van der Waals surface area contributed by atoms with Crippen LogP contribution in [0.1, 0.15) is 24.8 Å². The summed E-state index contributed by atoms with van der Waals surface area (Å²) in [6.45, 7) is 3.57. The van der Waals surface area contributed by atoms with Gasteiger partial charge in [-0.1, -0.05) is 13.0 Å². The highest BCUT2D eigenvalue weighted by Gasteiger charge is 2.18. The predicted molar refractivity (Wildman–Crippen MR) is 65.5 cm³/mol. The Kier molecular flexibility index (Phi) is 3.86. The van der Waals surface area contributed by atoms with Crippen LogP contribution in [0, 0.1) is 0 Å². The summed E-state index contributed by atoms with van der Waals surface area (Å²) < 4.78 is 11.2. The second-order valence-electron chi connectivity index (χ2n) is 4.35. The first-order valence-electron chi connectivity index (χ1n) is 6.00. The van der Waals surface area contributed by atoms with Crippen LogP contribution in [0.15, 0.2) is 18.2 Å². The molecular weight excluding hydrogens is 218 g/mol. The molecule has 0 amide bonds. The maximum atomic E-state index is 9.74. The van der Waals surface area contributed by atoms with Crippen molar-refractivity contribution in [3.05, 3.63) is 23.8 Å². The summed E-state index contributed by atoms with van der Waals surface area (Å²) in [4.78, 5) is 0. The zero-order valence-electron chi connectivity index (χ0n) is 10.1. The Morgan fingerprint density at radius 3 is 2.71 bits per heavy atom. The van der Waals surface area contributed by atoms with E-state index in [1.54, 1.807) is 0 Å². The van der Waals surface area contributed by atoms with Gasteiger partial charge in [0, 0.05) is 18.9 Å². The molecule has 2 rings (SSSR count). The number of fused-ring (bicyclic) bond motifs is 1. The third kappa shape index (κ3) is 2.70. The lowest BCUT2D eigenvalue weighted by Crippen LogP contribution is -2.25. The van der Waals surface area contributed by atoms with E-state index in [1.807, 2.05) is 25.1 Å². The first-order chi connectivity index (χ1) is 8.22. The Morgan fingerprint density at radius 2 is 2.00 bits per heavy atom. The van der Waals surface area contributed by atoms with Crippen LogP contribution in [-0.4, -0.2) is 31.0 Å². The summed E-state index contributed by atoms with van der Waals surface area (Å²) in [5, 5.41) is 9.74. The smallest absolute Gasteiger partial charge is 0.161 e. The lowest BCUT2D eigenvalue weighted by molar-refractivity contribution is 0.157. The minimum Gasteiger partial charge on any atom is -0.490 e. The molecule has 1 heterocycles. The van der Waals surface area contributed by atoms with Crippen molar-refractivity contribution in [2.75, 3.05) is 19.8 Å². The molecule has 4 nitrogen and oxygen atoms in total. The summed E-state index contributed by atoms with van der Waals surface area (Å²) in [7, 11) is 0. The molecule has 0 saturated heterocycles. The molecule has 0 fully saturated rings. The normalized spacial score (nSPS) is 18.3. The SMILES string of the molecule is CC(c1ccc2c(c1)OCCCO2)C(O)CN. The number of benzene rings is 1. The van der Waals surface area contributed by atoms with Gasteiger partial charge in [-0.3, -0.25) is 0 Å². The van der Waals surface area contributed by atoms with E-state index in [2.05, 4.69) is 0 Å². The molecule has 0 radical (unpaired) electrons. The van der Waals surface area contributed by atoms with Crippen molar-refractivity contribution < 1.29 is 14.6 Å². The van der Waals surface area contributed by atoms with Crippen LogP contribution in [0.3, 0.4) is 0 Å². The van der Waals surface area contributed by atoms with Gasteiger partial charge in [0.1, 0.15) is 0 Å². The van der Waals surface area contributed by atoms with Gasteiger partial charge >= 0.3 is 0 Å². The Hall–Kier alpha value is -1.26. The average molecular weight is 237 g/mol. The Labute approximate surface area is 101 Å². The first kappa shape index (κ1) is 12.2. The van der Waals surface area contributed by atoms with Gasteiger partial charge in [-0.05, 0) is 17.7 Å². The zero-order chi connectivity index (χ0) is 12.3. The molecule has 0 bridgehead atoms. The van der Waals surface area contributed by atoms with Crippen molar-refractivity contribution in [1.82, 2.24) is 0 Å².